The van der Waals surface area contributed by atoms with Crippen molar-refractivity contribution in [1.29, 1.82) is 0 Å². The number of carbonyl (C=O) groups excluding carboxylic acids is 1. The molecule has 0 fully saturated rings. The fraction of sp³-hybridized carbons (Fsp3) is 0. The highest BCUT2D eigenvalue weighted by atomic mass is 79.9. The van der Waals surface area contributed by atoms with E-state index >= 15 is 0 Å². The summed E-state index contributed by atoms with van der Waals surface area (Å²) in [4.78, 5) is 28.3. The Labute approximate surface area is 160 Å². The number of amides is 1. The summed E-state index contributed by atoms with van der Waals surface area (Å²) < 4.78 is 0.828. The fourth-order valence-electron chi connectivity index (χ4n) is 2.34. The van der Waals surface area contributed by atoms with Gasteiger partial charge < -0.3 is 10.4 Å². The van der Waals surface area contributed by atoms with E-state index in [4.69, 9.17) is 23.2 Å². The van der Waals surface area contributed by atoms with Gasteiger partial charge in [0.15, 0.2) is 0 Å². The van der Waals surface area contributed by atoms with Crippen LogP contribution in [-0.2, 0) is 0 Å². The molecule has 1 amide bonds. The second-order valence-corrected chi connectivity index (χ2v) is 6.73. The molecule has 0 spiro atoms. The van der Waals surface area contributed by atoms with Crippen LogP contribution in [0.1, 0.15) is 20.7 Å². The number of aromatic carboxylic acids is 1. The largest absolute Gasteiger partial charge is 0.478 e. The number of hydrogen-bond donors (Lipinski definition) is 2. The Kier molecular flexibility index (Phi) is 4.94. The second-order valence-electron chi connectivity index (χ2n) is 5.07. The van der Waals surface area contributed by atoms with Crippen LogP contribution in [0.5, 0.6) is 0 Å². The summed E-state index contributed by atoms with van der Waals surface area (Å²) in [6.07, 6.45) is 1.60. The lowest BCUT2D eigenvalue weighted by Gasteiger charge is -2.11. The minimum absolute atomic E-state index is 0.0615. The molecule has 0 aliphatic carbocycles. The van der Waals surface area contributed by atoms with Gasteiger partial charge in [0, 0.05) is 16.1 Å². The smallest absolute Gasteiger partial charge is 0.336 e. The summed E-state index contributed by atoms with van der Waals surface area (Å²) in [7, 11) is 0. The number of anilines is 1. The van der Waals surface area contributed by atoms with Gasteiger partial charge in [0.05, 0.1) is 32.4 Å². The molecule has 5 nitrogen and oxygen atoms in total. The molecular weight excluding hydrogens is 431 g/mol. The van der Waals surface area contributed by atoms with Crippen LogP contribution >= 0.6 is 39.1 Å². The zero-order chi connectivity index (χ0) is 18.1. The van der Waals surface area contributed by atoms with Crippen molar-refractivity contribution in [2.75, 3.05) is 5.32 Å². The number of rotatable bonds is 3. The Morgan fingerprint density at radius 3 is 2.44 bits per heavy atom. The van der Waals surface area contributed by atoms with Gasteiger partial charge in [-0.1, -0.05) is 45.2 Å². The minimum Gasteiger partial charge on any atom is -0.478 e. The van der Waals surface area contributed by atoms with Gasteiger partial charge in [-0.05, 0) is 30.3 Å². The Morgan fingerprint density at radius 2 is 1.76 bits per heavy atom. The molecule has 8 heteroatoms. The fourth-order valence-corrected chi connectivity index (χ4v) is 3.12. The van der Waals surface area contributed by atoms with Gasteiger partial charge in [0.2, 0.25) is 0 Å². The molecule has 0 saturated carbocycles. The highest BCUT2D eigenvalue weighted by Gasteiger charge is 2.20. The maximum absolute atomic E-state index is 12.6. The van der Waals surface area contributed by atoms with Crippen LogP contribution in [0.25, 0.3) is 10.9 Å². The molecule has 0 aliphatic heterocycles. The van der Waals surface area contributed by atoms with Gasteiger partial charge in [0.1, 0.15) is 0 Å². The van der Waals surface area contributed by atoms with Crippen molar-refractivity contribution < 1.29 is 14.7 Å². The number of nitrogens with zero attached hydrogens (tertiary/aromatic N) is 1. The first-order chi connectivity index (χ1) is 11.9. The van der Waals surface area contributed by atoms with Crippen molar-refractivity contribution in [3.05, 3.63) is 68.2 Å². The molecule has 1 heterocycles. The van der Waals surface area contributed by atoms with Crippen molar-refractivity contribution in [2.24, 2.45) is 0 Å². The molecule has 25 heavy (non-hydrogen) atoms. The highest BCUT2D eigenvalue weighted by molar-refractivity contribution is 9.10. The Balaban J connectivity index is 2.06. The number of pyridine rings is 1. The van der Waals surface area contributed by atoms with E-state index in [2.05, 4.69) is 26.2 Å². The van der Waals surface area contributed by atoms with Gasteiger partial charge in [-0.15, -0.1) is 0 Å². The van der Waals surface area contributed by atoms with E-state index in [0.717, 1.165) is 15.9 Å². The van der Waals surface area contributed by atoms with Crippen molar-refractivity contribution >= 4 is 67.6 Å². The van der Waals surface area contributed by atoms with Gasteiger partial charge in [-0.3, -0.25) is 9.78 Å². The van der Waals surface area contributed by atoms with Crippen LogP contribution in [0, 0.1) is 0 Å². The van der Waals surface area contributed by atoms with Gasteiger partial charge in [-0.25, -0.2) is 4.79 Å². The Hall–Kier alpha value is -2.15. The Bertz CT molecular complexity index is 1020. The number of halogens is 3. The summed E-state index contributed by atoms with van der Waals surface area (Å²) in [6.45, 7) is 0. The molecule has 0 unspecified atom stereocenters. The average Bonchev–Trinajstić information content (AvgIpc) is 2.59. The van der Waals surface area contributed by atoms with Crippen LogP contribution in [0.3, 0.4) is 0 Å². The molecule has 3 rings (SSSR count). The third-order valence-corrected chi connectivity index (χ3v) is 4.91. The molecule has 2 aromatic carbocycles. The first kappa shape index (κ1) is 17.7. The first-order valence-electron chi connectivity index (χ1n) is 6.95. The lowest BCUT2D eigenvalue weighted by Crippen LogP contribution is -2.17. The molecule has 0 atom stereocenters. The van der Waals surface area contributed by atoms with E-state index in [1.165, 1.54) is 6.07 Å². The number of benzene rings is 2. The standard InChI is InChI=1S/C17H9BrCl2N2O3/c18-11-3-4-14(15-8(11)2-1-5-21-15)22-16(23)9-6-12(19)13(20)7-10(9)17(24)25/h1-7H,(H,22,23)(H,24,25). The van der Waals surface area contributed by atoms with E-state index in [9.17, 15) is 14.7 Å². The lowest BCUT2D eigenvalue weighted by atomic mass is 10.1. The van der Waals surface area contributed by atoms with Crippen LogP contribution in [0.4, 0.5) is 5.69 Å². The summed E-state index contributed by atoms with van der Waals surface area (Å²) in [6, 6.07) is 9.46. The van der Waals surface area contributed by atoms with Crippen LogP contribution in [-0.4, -0.2) is 22.0 Å². The molecular formula is C17H9BrCl2N2O3. The van der Waals surface area contributed by atoms with Crippen molar-refractivity contribution in [3.63, 3.8) is 0 Å². The molecule has 126 valence electrons. The number of carboxylic acid groups (broad SMARTS) is 1. The number of carbonyl (C=O) groups is 2. The van der Waals surface area contributed by atoms with E-state index in [-0.39, 0.29) is 21.2 Å². The maximum Gasteiger partial charge on any atom is 0.336 e. The molecule has 2 N–H and O–H groups in total. The molecule has 0 aliphatic rings. The number of nitrogens with one attached hydrogen (secondary N) is 1. The van der Waals surface area contributed by atoms with Crippen LogP contribution in [0.2, 0.25) is 10.0 Å². The number of hydrogen-bond acceptors (Lipinski definition) is 3. The van der Waals surface area contributed by atoms with E-state index in [1.54, 1.807) is 24.4 Å². The van der Waals surface area contributed by atoms with Crippen molar-refractivity contribution in [2.45, 2.75) is 0 Å². The average molecular weight is 440 g/mol. The third kappa shape index (κ3) is 3.46. The third-order valence-electron chi connectivity index (χ3n) is 3.50. The van der Waals surface area contributed by atoms with Gasteiger partial charge in [0.25, 0.3) is 5.91 Å². The summed E-state index contributed by atoms with van der Waals surface area (Å²) in [5.74, 6) is -1.90. The summed E-state index contributed by atoms with van der Waals surface area (Å²) in [5.41, 5.74) is 0.698. The predicted molar refractivity (Wildman–Crippen MR) is 101 cm³/mol. The van der Waals surface area contributed by atoms with Crippen molar-refractivity contribution in [3.8, 4) is 0 Å². The molecule has 0 saturated heterocycles. The van der Waals surface area contributed by atoms with Gasteiger partial charge in [-0.2, -0.15) is 0 Å². The highest BCUT2D eigenvalue weighted by Crippen LogP contribution is 2.30. The maximum atomic E-state index is 12.6. The predicted octanol–water partition coefficient (Wildman–Crippen LogP) is 5.25. The van der Waals surface area contributed by atoms with Crippen molar-refractivity contribution in [1.82, 2.24) is 4.98 Å². The number of fused-ring (bicyclic) bond motifs is 1. The second kappa shape index (κ2) is 7.00. The topological polar surface area (TPSA) is 79.3 Å². The SMILES string of the molecule is O=C(O)c1cc(Cl)c(Cl)cc1C(=O)Nc1ccc(Br)c2cccnc12. The number of aromatic nitrogens is 1. The minimum atomic E-state index is -1.28. The van der Waals surface area contributed by atoms with Gasteiger partial charge >= 0.3 is 5.97 Å². The molecule has 0 radical (unpaired) electrons. The molecule has 3 aromatic rings. The number of carboxylic acids is 1. The first-order valence-corrected chi connectivity index (χ1v) is 8.50. The molecule has 0 bridgehead atoms. The molecule has 1 aromatic heterocycles. The zero-order valence-corrected chi connectivity index (χ0v) is 15.5. The monoisotopic (exact) mass is 438 g/mol. The zero-order valence-electron chi connectivity index (χ0n) is 12.4. The normalized spacial score (nSPS) is 10.7. The van der Waals surface area contributed by atoms with E-state index in [0.29, 0.717) is 11.2 Å². The summed E-state index contributed by atoms with van der Waals surface area (Å²) in [5, 5.41) is 13.0. The Morgan fingerprint density at radius 1 is 1.08 bits per heavy atom. The van der Waals surface area contributed by atoms with Crippen LogP contribution < -0.4 is 5.32 Å². The van der Waals surface area contributed by atoms with E-state index < -0.39 is 11.9 Å². The van der Waals surface area contributed by atoms with Crippen LogP contribution in [0.15, 0.2) is 47.1 Å². The van der Waals surface area contributed by atoms with E-state index in [1.807, 2.05) is 6.07 Å². The lowest BCUT2D eigenvalue weighted by molar-refractivity contribution is 0.0692. The quantitative estimate of drug-likeness (QED) is 0.583. The summed E-state index contributed by atoms with van der Waals surface area (Å²) >= 11 is 15.2.